The van der Waals surface area contributed by atoms with Gasteiger partial charge in [-0.15, -0.1) is 0 Å². The fraction of sp³-hybridized carbons (Fsp3) is 0.333. The van der Waals surface area contributed by atoms with Gasteiger partial charge in [-0.25, -0.2) is 0 Å². The summed E-state index contributed by atoms with van der Waals surface area (Å²) in [7, 11) is 0. The topological polar surface area (TPSA) is 18.5 Å². The molecule has 0 radical (unpaired) electrons. The van der Waals surface area contributed by atoms with Crippen LogP contribution in [0.25, 0.3) is 0 Å². The molecule has 0 spiro atoms. The van der Waals surface area contributed by atoms with Gasteiger partial charge in [-0.3, -0.25) is 0 Å². The number of allylic oxidation sites excluding steroid dienone is 1. The van der Waals surface area contributed by atoms with Crippen molar-refractivity contribution in [3.05, 3.63) is 70.7 Å². The van der Waals surface area contributed by atoms with Crippen LogP contribution in [-0.2, 0) is 11.3 Å². The highest BCUT2D eigenvalue weighted by molar-refractivity contribution is 6.55. The van der Waals surface area contributed by atoms with Crippen molar-refractivity contribution in [2.45, 2.75) is 20.5 Å². The molecule has 132 valence electrons. The Morgan fingerprint density at radius 1 is 1.04 bits per heavy atom. The summed E-state index contributed by atoms with van der Waals surface area (Å²) in [4.78, 5) is 0. The normalized spacial score (nSPS) is 20.8. The average molecular weight is 377 g/mol. The van der Waals surface area contributed by atoms with E-state index < -0.39 is 0 Å². The van der Waals surface area contributed by atoms with Gasteiger partial charge >= 0.3 is 0 Å². The van der Waals surface area contributed by atoms with Crippen molar-refractivity contribution in [2.24, 2.45) is 17.3 Å². The fourth-order valence-electron chi connectivity index (χ4n) is 3.20. The molecule has 1 fully saturated rings. The van der Waals surface area contributed by atoms with Gasteiger partial charge in [-0.2, -0.15) is 0 Å². The largest absolute Gasteiger partial charge is 0.457 e. The van der Waals surface area contributed by atoms with Gasteiger partial charge in [0.2, 0.25) is 0 Å². The maximum Gasteiger partial charge on any atom is 0.127 e. The average Bonchev–Trinajstić information content (AvgIpc) is 3.08. The third kappa shape index (κ3) is 4.78. The minimum atomic E-state index is 0.188. The lowest BCUT2D eigenvalue weighted by molar-refractivity contribution is 0.102. The first-order chi connectivity index (χ1) is 12.0. The molecule has 1 aliphatic rings. The van der Waals surface area contributed by atoms with Crippen molar-refractivity contribution in [3.8, 4) is 11.5 Å². The van der Waals surface area contributed by atoms with Gasteiger partial charge in [-0.1, -0.05) is 73.5 Å². The molecule has 0 aliphatic heterocycles. The van der Waals surface area contributed by atoms with Gasteiger partial charge in [-0.05, 0) is 47.1 Å². The zero-order valence-corrected chi connectivity index (χ0v) is 15.9. The van der Waals surface area contributed by atoms with E-state index in [0.717, 1.165) is 17.1 Å². The molecule has 1 aliphatic carbocycles. The highest BCUT2D eigenvalue weighted by atomic mass is 35.5. The lowest BCUT2D eigenvalue weighted by atomic mass is 10.1. The summed E-state index contributed by atoms with van der Waals surface area (Å²) < 4.78 is 12.1. The minimum absolute atomic E-state index is 0.188. The minimum Gasteiger partial charge on any atom is -0.457 e. The van der Waals surface area contributed by atoms with Crippen molar-refractivity contribution in [1.29, 1.82) is 0 Å². The summed E-state index contributed by atoms with van der Waals surface area (Å²) in [5, 5.41) is 0. The second kappa shape index (κ2) is 7.82. The first-order valence-corrected chi connectivity index (χ1v) is 9.15. The molecule has 1 saturated carbocycles. The van der Waals surface area contributed by atoms with Crippen LogP contribution in [0, 0.1) is 17.3 Å². The van der Waals surface area contributed by atoms with Gasteiger partial charge in [0.1, 0.15) is 16.0 Å². The molecule has 2 aromatic rings. The molecule has 0 saturated heterocycles. The number of ether oxygens (including phenoxy) is 2. The molecule has 3 rings (SSSR count). The van der Waals surface area contributed by atoms with Gasteiger partial charge in [0, 0.05) is 0 Å². The second-order valence-electron chi connectivity index (χ2n) is 6.99. The molecule has 0 bridgehead atoms. The maximum atomic E-state index is 5.93. The molecule has 4 heteroatoms. The van der Waals surface area contributed by atoms with Crippen LogP contribution in [-0.4, -0.2) is 6.61 Å². The van der Waals surface area contributed by atoms with Crippen LogP contribution in [0.1, 0.15) is 19.4 Å². The molecule has 0 N–H and O–H groups in total. The second-order valence-corrected chi connectivity index (χ2v) is 8.00. The van der Waals surface area contributed by atoms with E-state index in [9.17, 15) is 0 Å². The van der Waals surface area contributed by atoms with Crippen LogP contribution in [0.5, 0.6) is 11.5 Å². The Hall–Kier alpha value is -1.48. The zero-order chi connectivity index (χ0) is 17.9. The van der Waals surface area contributed by atoms with Crippen LogP contribution >= 0.6 is 23.2 Å². The Labute approximate surface area is 159 Å². The monoisotopic (exact) mass is 376 g/mol. The lowest BCUT2D eigenvalue weighted by Gasteiger charge is -2.09. The van der Waals surface area contributed by atoms with E-state index in [-0.39, 0.29) is 5.41 Å². The Morgan fingerprint density at radius 3 is 2.48 bits per heavy atom. The third-order valence-corrected chi connectivity index (χ3v) is 5.14. The van der Waals surface area contributed by atoms with Crippen LogP contribution in [0.2, 0.25) is 0 Å². The number of rotatable bonds is 7. The summed E-state index contributed by atoms with van der Waals surface area (Å²) in [6, 6.07) is 17.7. The first kappa shape index (κ1) is 18.3. The predicted molar refractivity (Wildman–Crippen MR) is 103 cm³/mol. The summed E-state index contributed by atoms with van der Waals surface area (Å²) in [6.07, 6.45) is 1.92. The van der Waals surface area contributed by atoms with Gasteiger partial charge < -0.3 is 9.47 Å². The van der Waals surface area contributed by atoms with Crippen molar-refractivity contribution < 1.29 is 9.47 Å². The van der Waals surface area contributed by atoms with E-state index in [1.807, 2.05) is 60.7 Å². The van der Waals surface area contributed by atoms with E-state index >= 15 is 0 Å². The smallest absolute Gasteiger partial charge is 0.127 e. The van der Waals surface area contributed by atoms with Gasteiger partial charge in [0.05, 0.1) is 13.2 Å². The molecule has 0 heterocycles. The number of para-hydroxylation sites is 1. The van der Waals surface area contributed by atoms with Crippen molar-refractivity contribution in [1.82, 2.24) is 0 Å². The molecular weight excluding hydrogens is 355 g/mol. The molecule has 2 unspecified atom stereocenters. The van der Waals surface area contributed by atoms with E-state index in [1.165, 1.54) is 0 Å². The van der Waals surface area contributed by atoms with Crippen molar-refractivity contribution >= 4 is 23.2 Å². The molecule has 2 nitrogen and oxygen atoms in total. The molecular formula is C21H22Cl2O2. The first-order valence-electron chi connectivity index (χ1n) is 8.39. The number of hydrogen-bond donors (Lipinski definition) is 0. The summed E-state index contributed by atoms with van der Waals surface area (Å²) >= 11 is 11.6. The van der Waals surface area contributed by atoms with Crippen LogP contribution in [0.4, 0.5) is 0 Å². The van der Waals surface area contributed by atoms with Crippen LogP contribution < -0.4 is 4.74 Å². The number of halogens is 2. The SMILES string of the molecule is CC1(C)C(C=C(Cl)Cl)C1COCc1cccc(Oc2ccccc2)c1. The molecule has 0 amide bonds. The van der Waals surface area contributed by atoms with E-state index in [2.05, 4.69) is 13.8 Å². The predicted octanol–water partition coefficient (Wildman–Crippen LogP) is 6.59. The standard InChI is InChI=1S/C21H22Cl2O2/c1-21(2)18(12-20(22)23)19(21)14-24-13-15-7-6-10-17(11-15)25-16-8-4-3-5-9-16/h3-12,18-19H,13-14H2,1-2H3. The molecule has 0 aromatic heterocycles. The van der Waals surface area contributed by atoms with Crippen molar-refractivity contribution in [2.75, 3.05) is 6.61 Å². The highest BCUT2D eigenvalue weighted by Gasteiger charge is 2.56. The maximum absolute atomic E-state index is 5.93. The third-order valence-electron chi connectivity index (χ3n) is 4.89. The number of hydrogen-bond acceptors (Lipinski definition) is 2. The Kier molecular flexibility index (Phi) is 5.73. The summed E-state index contributed by atoms with van der Waals surface area (Å²) in [6.45, 7) is 5.68. The Morgan fingerprint density at radius 2 is 1.76 bits per heavy atom. The van der Waals surface area contributed by atoms with Crippen LogP contribution in [0.15, 0.2) is 65.2 Å². The number of benzene rings is 2. The van der Waals surface area contributed by atoms with E-state index in [0.29, 0.717) is 29.5 Å². The quantitative estimate of drug-likeness (QED) is 0.542. The Bertz CT molecular complexity index is 737. The highest BCUT2D eigenvalue weighted by Crippen LogP contribution is 2.59. The molecule has 25 heavy (non-hydrogen) atoms. The fourth-order valence-corrected chi connectivity index (χ4v) is 3.47. The molecule has 2 aromatic carbocycles. The lowest BCUT2D eigenvalue weighted by Crippen LogP contribution is -2.01. The summed E-state index contributed by atoms with van der Waals surface area (Å²) in [5.41, 5.74) is 1.28. The van der Waals surface area contributed by atoms with E-state index in [4.69, 9.17) is 32.7 Å². The van der Waals surface area contributed by atoms with E-state index in [1.54, 1.807) is 0 Å². The van der Waals surface area contributed by atoms with Crippen LogP contribution in [0.3, 0.4) is 0 Å². The zero-order valence-electron chi connectivity index (χ0n) is 14.4. The van der Waals surface area contributed by atoms with Gasteiger partial charge in [0.25, 0.3) is 0 Å². The van der Waals surface area contributed by atoms with Gasteiger partial charge in [0.15, 0.2) is 0 Å². The Balaban J connectivity index is 1.53. The summed E-state index contributed by atoms with van der Waals surface area (Å²) in [5.74, 6) is 2.47. The molecule has 2 atom stereocenters. The van der Waals surface area contributed by atoms with Crippen molar-refractivity contribution in [3.63, 3.8) is 0 Å².